The molecule has 1 aliphatic rings. The molecule has 1 aromatic heterocycles. The Bertz CT molecular complexity index is 532. The molecule has 0 aliphatic carbocycles. The second-order valence-electron chi connectivity index (χ2n) is 4.69. The summed E-state index contributed by atoms with van der Waals surface area (Å²) in [5.41, 5.74) is 2.41. The maximum absolute atomic E-state index is 4.33. The van der Waals surface area contributed by atoms with E-state index in [9.17, 15) is 0 Å². The molecule has 3 rings (SSSR count). The number of hydrogen-bond donors (Lipinski definition) is 1. The summed E-state index contributed by atoms with van der Waals surface area (Å²) in [6.45, 7) is 2.37. The zero-order valence-corrected chi connectivity index (χ0v) is 13.0. The van der Waals surface area contributed by atoms with Crippen LogP contribution in [0.5, 0.6) is 0 Å². The predicted molar refractivity (Wildman–Crippen MR) is 85.6 cm³/mol. The Kier molecular flexibility index (Phi) is 4.03. The molecule has 1 N–H and O–H groups in total. The number of aromatic nitrogens is 1. The molecule has 0 saturated carbocycles. The number of halogens is 1. The standard InChI is InChI=1S/C14H16BrN3S/c15-13-10-19-14(17-13)16-11-4-6-12(7-5-11)18-8-2-1-3-9-18/h4-7,10H,1-3,8-9H2,(H,16,17). The molecule has 0 unspecified atom stereocenters. The highest BCUT2D eigenvalue weighted by Gasteiger charge is 2.10. The first kappa shape index (κ1) is 12.9. The number of nitrogens with one attached hydrogen (secondary N) is 1. The second-order valence-corrected chi connectivity index (χ2v) is 6.37. The molecule has 0 spiro atoms. The van der Waals surface area contributed by atoms with Gasteiger partial charge in [-0.15, -0.1) is 11.3 Å². The van der Waals surface area contributed by atoms with Gasteiger partial charge in [0.1, 0.15) is 4.60 Å². The average molecular weight is 338 g/mol. The fraction of sp³-hybridized carbons (Fsp3) is 0.357. The minimum Gasteiger partial charge on any atom is -0.372 e. The third kappa shape index (κ3) is 3.28. The SMILES string of the molecule is Brc1csc(Nc2ccc(N3CCCCC3)cc2)n1. The third-order valence-electron chi connectivity index (χ3n) is 3.32. The van der Waals surface area contributed by atoms with E-state index in [1.807, 2.05) is 5.38 Å². The van der Waals surface area contributed by atoms with E-state index in [0.717, 1.165) is 15.4 Å². The van der Waals surface area contributed by atoms with E-state index in [-0.39, 0.29) is 0 Å². The first-order valence-electron chi connectivity index (χ1n) is 6.54. The minimum atomic E-state index is 0.880. The Morgan fingerprint density at radius 1 is 1.11 bits per heavy atom. The number of nitrogens with zero attached hydrogens (tertiary/aromatic N) is 2. The summed E-state index contributed by atoms with van der Waals surface area (Å²) < 4.78 is 0.880. The van der Waals surface area contributed by atoms with E-state index >= 15 is 0 Å². The molecule has 2 heterocycles. The molecule has 1 saturated heterocycles. The zero-order valence-electron chi connectivity index (χ0n) is 10.6. The summed E-state index contributed by atoms with van der Waals surface area (Å²) >= 11 is 4.96. The molecule has 100 valence electrons. The fourth-order valence-electron chi connectivity index (χ4n) is 2.34. The normalized spacial score (nSPS) is 15.5. The second kappa shape index (κ2) is 5.92. The monoisotopic (exact) mass is 337 g/mol. The van der Waals surface area contributed by atoms with Crippen molar-refractivity contribution in [3.8, 4) is 0 Å². The van der Waals surface area contributed by atoms with E-state index in [1.165, 1.54) is 38.0 Å². The summed E-state index contributed by atoms with van der Waals surface area (Å²) in [7, 11) is 0. The van der Waals surface area contributed by atoms with Crippen molar-refractivity contribution in [3.63, 3.8) is 0 Å². The lowest BCUT2D eigenvalue weighted by molar-refractivity contribution is 0.578. The van der Waals surface area contributed by atoms with Crippen LogP contribution in [0.25, 0.3) is 0 Å². The van der Waals surface area contributed by atoms with Gasteiger partial charge in [0.15, 0.2) is 5.13 Å². The molecular formula is C14H16BrN3S. The zero-order chi connectivity index (χ0) is 13.1. The third-order valence-corrected chi connectivity index (χ3v) is 4.78. The molecule has 2 aromatic rings. The van der Waals surface area contributed by atoms with Gasteiger partial charge < -0.3 is 10.2 Å². The van der Waals surface area contributed by atoms with Crippen LogP contribution in [0.3, 0.4) is 0 Å². The maximum Gasteiger partial charge on any atom is 0.188 e. The largest absolute Gasteiger partial charge is 0.372 e. The summed E-state index contributed by atoms with van der Waals surface area (Å²) in [6.07, 6.45) is 4.00. The number of thiazole rings is 1. The van der Waals surface area contributed by atoms with Crippen molar-refractivity contribution in [3.05, 3.63) is 34.2 Å². The molecular weight excluding hydrogens is 322 g/mol. The first-order valence-corrected chi connectivity index (χ1v) is 8.21. The summed E-state index contributed by atoms with van der Waals surface area (Å²) in [6, 6.07) is 8.63. The Morgan fingerprint density at radius 2 is 1.84 bits per heavy atom. The highest BCUT2D eigenvalue weighted by molar-refractivity contribution is 9.10. The molecule has 0 radical (unpaired) electrons. The molecule has 1 aromatic carbocycles. The maximum atomic E-state index is 4.33. The van der Waals surface area contributed by atoms with Crippen LogP contribution in [-0.4, -0.2) is 18.1 Å². The quantitative estimate of drug-likeness (QED) is 0.884. The van der Waals surface area contributed by atoms with Crippen molar-refractivity contribution in [1.29, 1.82) is 0 Å². The first-order chi connectivity index (χ1) is 9.31. The van der Waals surface area contributed by atoms with Gasteiger partial charge in [0.2, 0.25) is 0 Å². The molecule has 5 heteroatoms. The van der Waals surface area contributed by atoms with Gasteiger partial charge in [-0.05, 0) is 59.5 Å². The van der Waals surface area contributed by atoms with Crippen LogP contribution in [0.4, 0.5) is 16.5 Å². The van der Waals surface area contributed by atoms with Crippen molar-refractivity contribution in [2.75, 3.05) is 23.3 Å². The molecule has 0 bridgehead atoms. The van der Waals surface area contributed by atoms with E-state index in [2.05, 4.69) is 55.4 Å². The van der Waals surface area contributed by atoms with Gasteiger partial charge in [-0.1, -0.05) is 0 Å². The summed E-state index contributed by atoms with van der Waals surface area (Å²) in [5.74, 6) is 0. The predicted octanol–water partition coefficient (Wildman–Crippen LogP) is 4.64. The van der Waals surface area contributed by atoms with Crippen molar-refractivity contribution in [2.24, 2.45) is 0 Å². The van der Waals surface area contributed by atoms with Crippen LogP contribution in [0.2, 0.25) is 0 Å². The topological polar surface area (TPSA) is 28.2 Å². The number of hydrogen-bond acceptors (Lipinski definition) is 4. The fourth-order valence-corrected chi connectivity index (χ4v) is 3.51. The number of piperidine rings is 1. The van der Waals surface area contributed by atoms with Gasteiger partial charge in [-0.3, -0.25) is 0 Å². The Morgan fingerprint density at radius 3 is 2.47 bits per heavy atom. The van der Waals surface area contributed by atoms with Crippen LogP contribution in [0, 0.1) is 0 Å². The van der Waals surface area contributed by atoms with Gasteiger partial charge in [0.25, 0.3) is 0 Å². The number of rotatable bonds is 3. The van der Waals surface area contributed by atoms with E-state index in [0.29, 0.717) is 0 Å². The molecule has 1 aliphatic heterocycles. The molecule has 19 heavy (non-hydrogen) atoms. The smallest absolute Gasteiger partial charge is 0.188 e. The van der Waals surface area contributed by atoms with Crippen molar-refractivity contribution >= 4 is 43.8 Å². The van der Waals surface area contributed by atoms with E-state index in [4.69, 9.17) is 0 Å². The van der Waals surface area contributed by atoms with E-state index < -0.39 is 0 Å². The van der Waals surface area contributed by atoms with Crippen LogP contribution < -0.4 is 10.2 Å². The van der Waals surface area contributed by atoms with Crippen LogP contribution >= 0.6 is 27.3 Å². The van der Waals surface area contributed by atoms with Crippen molar-refractivity contribution < 1.29 is 0 Å². The van der Waals surface area contributed by atoms with Crippen LogP contribution in [0.1, 0.15) is 19.3 Å². The Balaban J connectivity index is 1.68. The molecule has 3 nitrogen and oxygen atoms in total. The number of benzene rings is 1. The van der Waals surface area contributed by atoms with Crippen molar-refractivity contribution in [2.45, 2.75) is 19.3 Å². The van der Waals surface area contributed by atoms with Crippen LogP contribution in [0.15, 0.2) is 34.2 Å². The highest BCUT2D eigenvalue weighted by atomic mass is 79.9. The van der Waals surface area contributed by atoms with Crippen molar-refractivity contribution in [1.82, 2.24) is 4.98 Å². The lowest BCUT2D eigenvalue weighted by atomic mass is 10.1. The van der Waals surface area contributed by atoms with Gasteiger partial charge >= 0.3 is 0 Å². The van der Waals surface area contributed by atoms with Gasteiger partial charge in [0.05, 0.1) is 0 Å². The minimum absolute atomic E-state index is 0.880. The lowest BCUT2D eigenvalue weighted by Crippen LogP contribution is -2.29. The van der Waals surface area contributed by atoms with Crippen LogP contribution in [-0.2, 0) is 0 Å². The summed E-state index contributed by atoms with van der Waals surface area (Å²) in [4.78, 5) is 6.80. The summed E-state index contributed by atoms with van der Waals surface area (Å²) in [5, 5.41) is 6.20. The molecule has 0 amide bonds. The average Bonchev–Trinajstić information content (AvgIpc) is 2.86. The Labute approximate surface area is 125 Å². The highest BCUT2D eigenvalue weighted by Crippen LogP contribution is 2.26. The van der Waals surface area contributed by atoms with Gasteiger partial charge in [-0.25, -0.2) is 4.98 Å². The Hall–Kier alpha value is -1.07. The van der Waals surface area contributed by atoms with Gasteiger partial charge in [-0.2, -0.15) is 0 Å². The number of anilines is 3. The van der Waals surface area contributed by atoms with Gasteiger partial charge in [0, 0.05) is 29.8 Å². The molecule has 1 fully saturated rings. The molecule has 0 atom stereocenters. The van der Waals surface area contributed by atoms with E-state index in [1.54, 1.807) is 11.3 Å². The lowest BCUT2D eigenvalue weighted by Gasteiger charge is -2.28.